The van der Waals surface area contributed by atoms with E-state index in [0.717, 1.165) is 23.2 Å². The van der Waals surface area contributed by atoms with Crippen molar-refractivity contribution in [1.82, 2.24) is 0 Å². The molecule has 0 N–H and O–H groups in total. The largest absolute Gasteiger partial charge is 0.0683 e. The Kier molecular flexibility index (Phi) is 4.30. The maximum Gasteiger partial charge on any atom is -0.0128 e. The van der Waals surface area contributed by atoms with E-state index in [9.17, 15) is 0 Å². The first-order chi connectivity index (χ1) is 11.7. The van der Waals surface area contributed by atoms with Crippen molar-refractivity contribution in [3.05, 3.63) is 35.4 Å². The normalized spacial score (nSPS) is 38.7. The lowest BCUT2D eigenvalue weighted by atomic mass is 9.56. The van der Waals surface area contributed by atoms with Gasteiger partial charge >= 0.3 is 0 Å². The maximum absolute atomic E-state index is 2.67. The van der Waals surface area contributed by atoms with Crippen LogP contribution in [0.3, 0.4) is 0 Å². The molecule has 0 heterocycles. The Hall–Kier alpha value is -0.780. The van der Waals surface area contributed by atoms with E-state index in [0.29, 0.717) is 5.41 Å². The third-order valence-corrected chi connectivity index (χ3v) is 8.25. The van der Waals surface area contributed by atoms with E-state index >= 15 is 0 Å². The van der Waals surface area contributed by atoms with Crippen molar-refractivity contribution < 1.29 is 0 Å². The molecule has 0 aromatic heterocycles. The zero-order valence-electron chi connectivity index (χ0n) is 16.1. The summed E-state index contributed by atoms with van der Waals surface area (Å²) in [5, 5.41) is 0. The van der Waals surface area contributed by atoms with Crippen molar-refractivity contribution in [1.29, 1.82) is 0 Å². The second kappa shape index (κ2) is 6.19. The molecule has 0 amide bonds. The van der Waals surface area contributed by atoms with Crippen molar-refractivity contribution in [2.45, 2.75) is 90.9 Å². The van der Waals surface area contributed by atoms with E-state index in [2.05, 4.69) is 31.2 Å². The van der Waals surface area contributed by atoms with Crippen LogP contribution < -0.4 is 0 Å². The molecule has 0 heteroatoms. The van der Waals surface area contributed by atoms with Gasteiger partial charge in [-0.3, -0.25) is 0 Å². The zero-order valence-corrected chi connectivity index (χ0v) is 16.1. The van der Waals surface area contributed by atoms with Gasteiger partial charge in [-0.15, -0.1) is 0 Å². The summed E-state index contributed by atoms with van der Waals surface area (Å²) in [5.74, 6) is 2.91. The Labute approximate surface area is 149 Å². The topological polar surface area (TPSA) is 0 Å². The van der Waals surface area contributed by atoms with E-state index in [1.54, 1.807) is 36.8 Å². The van der Waals surface area contributed by atoms with E-state index < -0.39 is 0 Å². The van der Waals surface area contributed by atoms with Crippen LogP contribution in [0.4, 0.5) is 0 Å². The SMILES string of the molecule is CC.C[C@@]12CC[C@H]3c4ccccc4CC[C@@H]3[C@H]1CC1(CCCC1)C2. The van der Waals surface area contributed by atoms with Crippen LogP contribution in [0.25, 0.3) is 0 Å². The molecule has 24 heavy (non-hydrogen) atoms. The second-order valence-electron chi connectivity index (χ2n) is 9.40. The molecular formula is C24H36. The predicted octanol–water partition coefficient (Wildman–Crippen LogP) is 7.13. The van der Waals surface area contributed by atoms with Crippen LogP contribution in [0.2, 0.25) is 0 Å². The average Bonchev–Trinajstić information content (AvgIpc) is 3.19. The number of hydrogen-bond donors (Lipinski definition) is 0. The van der Waals surface area contributed by atoms with Gasteiger partial charge in [0.25, 0.3) is 0 Å². The van der Waals surface area contributed by atoms with Gasteiger partial charge in [-0.05, 0) is 91.1 Å². The molecule has 132 valence electrons. The minimum atomic E-state index is 0.678. The van der Waals surface area contributed by atoms with Crippen molar-refractivity contribution in [2.24, 2.45) is 22.7 Å². The van der Waals surface area contributed by atoms with Gasteiger partial charge in [-0.25, -0.2) is 0 Å². The third-order valence-electron chi connectivity index (χ3n) is 8.25. The predicted molar refractivity (Wildman–Crippen MR) is 103 cm³/mol. The lowest BCUT2D eigenvalue weighted by Gasteiger charge is -2.49. The number of benzene rings is 1. The molecule has 1 aromatic rings. The number of aryl methyl sites for hydroxylation is 1. The highest BCUT2D eigenvalue weighted by Crippen LogP contribution is 2.68. The van der Waals surface area contributed by atoms with Crippen LogP contribution in [0.5, 0.6) is 0 Å². The van der Waals surface area contributed by atoms with Crippen LogP contribution in [0.15, 0.2) is 24.3 Å². The Morgan fingerprint density at radius 1 is 0.958 bits per heavy atom. The highest BCUT2D eigenvalue weighted by Gasteiger charge is 2.58. The molecule has 0 unspecified atom stereocenters. The molecule has 0 saturated heterocycles. The first kappa shape index (κ1) is 16.7. The molecule has 1 aromatic carbocycles. The lowest BCUT2D eigenvalue weighted by Crippen LogP contribution is -2.39. The van der Waals surface area contributed by atoms with Gasteiger partial charge in [0.15, 0.2) is 0 Å². The fourth-order valence-corrected chi connectivity index (χ4v) is 7.43. The summed E-state index contributed by atoms with van der Waals surface area (Å²) in [5.41, 5.74) is 4.84. The van der Waals surface area contributed by atoms with Gasteiger partial charge in [0.2, 0.25) is 0 Å². The van der Waals surface area contributed by atoms with Crippen LogP contribution in [0, 0.1) is 22.7 Å². The first-order valence-corrected chi connectivity index (χ1v) is 10.8. The van der Waals surface area contributed by atoms with Gasteiger partial charge in [-0.1, -0.05) is 57.9 Å². The lowest BCUT2D eigenvalue weighted by molar-refractivity contribution is 0.0597. The Morgan fingerprint density at radius 2 is 1.71 bits per heavy atom. The standard InChI is InChI=1S/C22H30.C2H6/c1-21-13-10-18-17-7-3-2-6-16(17)8-9-19(18)20(21)14-22(15-21)11-4-5-12-22;1-2/h2-3,6-7,18-20H,4-5,8-15H2,1H3;1-2H3/t18-,19-,20+,21-;/m0./s1. The fraction of sp³-hybridized carbons (Fsp3) is 0.750. The minimum Gasteiger partial charge on any atom is -0.0683 e. The Balaban J connectivity index is 0.000000704. The van der Waals surface area contributed by atoms with Crippen LogP contribution >= 0.6 is 0 Å². The molecule has 0 bridgehead atoms. The smallest absolute Gasteiger partial charge is 0.0128 e. The average molecular weight is 325 g/mol. The molecule has 1 spiro atoms. The quantitative estimate of drug-likeness (QED) is 0.476. The van der Waals surface area contributed by atoms with Gasteiger partial charge in [0.1, 0.15) is 0 Å². The Morgan fingerprint density at radius 3 is 2.50 bits per heavy atom. The molecular weight excluding hydrogens is 288 g/mol. The summed E-state index contributed by atoms with van der Waals surface area (Å²) in [4.78, 5) is 0. The number of fused-ring (bicyclic) bond motifs is 5. The highest BCUT2D eigenvalue weighted by molar-refractivity contribution is 5.35. The van der Waals surface area contributed by atoms with E-state index in [-0.39, 0.29) is 0 Å². The number of hydrogen-bond acceptors (Lipinski definition) is 0. The third kappa shape index (κ3) is 2.47. The zero-order chi connectivity index (χ0) is 16.8. The maximum atomic E-state index is 2.67. The molecule has 4 aliphatic rings. The van der Waals surface area contributed by atoms with Gasteiger partial charge < -0.3 is 0 Å². The molecule has 0 aliphatic heterocycles. The molecule has 3 fully saturated rings. The van der Waals surface area contributed by atoms with Gasteiger partial charge in [0, 0.05) is 0 Å². The van der Waals surface area contributed by atoms with E-state index in [1.165, 1.54) is 38.5 Å². The summed E-state index contributed by atoms with van der Waals surface area (Å²) in [6.07, 6.45) is 15.0. The minimum absolute atomic E-state index is 0.678. The van der Waals surface area contributed by atoms with Crippen molar-refractivity contribution in [3.8, 4) is 0 Å². The molecule has 0 nitrogen and oxygen atoms in total. The summed E-state index contributed by atoms with van der Waals surface area (Å²) in [7, 11) is 0. The summed E-state index contributed by atoms with van der Waals surface area (Å²) < 4.78 is 0. The van der Waals surface area contributed by atoms with E-state index in [1.807, 2.05) is 13.8 Å². The first-order valence-electron chi connectivity index (χ1n) is 10.8. The highest BCUT2D eigenvalue weighted by atomic mass is 14.6. The molecule has 4 aliphatic carbocycles. The van der Waals surface area contributed by atoms with Crippen LogP contribution in [0.1, 0.15) is 95.6 Å². The summed E-state index contributed by atoms with van der Waals surface area (Å²) in [6, 6.07) is 9.37. The van der Waals surface area contributed by atoms with E-state index in [4.69, 9.17) is 0 Å². The van der Waals surface area contributed by atoms with Crippen LogP contribution in [-0.4, -0.2) is 0 Å². The molecule has 4 atom stereocenters. The van der Waals surface area contributed by atoms with Gasteiger partial charge in [-0.2, -0.15) is 0 Å². The molecule has 0 radical (unpaired) electrons. The van der Waals surface area contributed by atoms with Gasteiger partial charge in [0.05, 0.1) is 0 Å². The van der Waals surface area contributed by atoms with Crippen molar-refractivity contribution in [3.63, 3.8) is 0 Å². The second-order valence-corrected chi connectivity index (χ2v) is 9.40. The summed E-state index contributed by atoms with van der Waals surface area (Å²) >= 11 is 0. The summed E-state index contributed by atoms with van der Waals surface area (Å²) in [6.45, 7) is 6.67. The Bertz CT molecular complexity index is 579. The fourth-order valence-electron chi connectivity index (χ4n) is 7.43. The van der Waals surface area contributed by atoms with Crippen molar-refractivity contribution in [2.75, 3.05) is 0 Å². The van der Waals surface area contributed by atoms with Crippen molar-refractivity contribution >= 4 is 0 Å². The molecule has 3 saturated carbocycles. The molecule has 5 rings (SSSR count). The van der Waals surface area contributed by atoms with Crippen LogP contribution in [-0.2, 0) is 6.42 Å². The number of rotatable bonds is 0. The monoisotopic (exact) mass is 324 g/mol.